The molecule has 0 aromatic carbocycles. The van der Waals surface area contributed by atoms with Crippen molar-refractivity contribution < 1.29 is 14.6 Å². The Bertz CT molecular complexity index is 299. The van der Waals surface area contributed by atoms with Crippen molar-refractivity contribution in [2.45, 2.75) is 77.9 Å². The molecule has 0 saturated carbocycles. The molecule has 1 heterocycles. The SMILES string of the molecule is CCCC[C@H](O)CC[C@@H]1CCN(C(=O)OC(C)(C)C)C1. The van der Waals surface area contributed by atoms with Crippen LogP contribution in [0, 0.1) is 5.92 Å². The third-order valence-electron chi connectivity index (χ3n) is 3.74. The Labute approximate surface area is 123 Å². The molecule has 1 amide bonds. The topological polar surface area (TPSA) is 49.8 Å². The van der Waals surface area contributed by atoms with Crippen molar-refractivity contribution in [3.05, 3.63) is 0 Å². The summed E-state index contributed by atoms with van der Waals surface area (Å²) in [7, 11) is 0. The minimum atomic E-state index is -0.425. The molecular weight excluding hydrogens is 254 g/mol. The summed E-state index contributed by atoms with van der Waals surface area (Å²) >= 11 is 0. The lowest BCUT2D eigenvalue weighted by Crippen LogP contribution is -2.35. The van der Waals surface area contributed by atoms with Gasteiger partial charge in [0.05, 0.1) is 6.10 Å². The van der Waals surface area contributed by atoms with Gasteiger partial charge in [0.2, 0.25) is 0 Å². The number of carbonyl (C=O) groups excluding carboxylic acids is 1. The van der Waals surface area contributed by atoms with E-state index in [2.05, 4.69) is 6.92 Å². The van der Waals surface area contributed by atoms with Crippen LogP contribution in [-0.2, 0) is 4.74 Å². The molecular formula is C16H31NO3. The summed E-state index contributed by atoms with van der Waals surface area (Å²) in [6, 6.07) is 0. The zero-order chi connectivity index (χ0) is 15.2. The average Bonchev–Trinajstić information content (AvgIpc) is 2.80. The van der Waals surface area contributed by atoms with Gasteiger partial charge in [0, 0.05) is 13.1 Å². The van der Waals surface area contributed by atoms with Crippen LogP contribution in [0.3, 0.4) is 0 Å². The molecule has 1 saturated heterocycles. The van der Waals surface area contributed by atoms with Crippen LogP contribution >= 0.6 is 0 Å². The van der Waals surface area contributed by atoms with Crippen LogP contribution in [0.2, 0.25) is 0 Å². The molecule has 2 atom stereocenters. The number of aliphatic hydroxyl groups is 1. The number of carbonyl (C=O) groups is 1. The molecule has 1 rings (SSSR count). The molecule has 4 nitrogen and oxygen atoms in total. The lowest BCUT2D eigenvalue weighted by Gasteiger charge is -2.24. The lowest BCUT2D eigenvalue weighted by atomic mass is 9.98. The van der Waals surface area contributed by atoms with Gasteiger partial charge in [-0.2, -0.15) is 0 Å². The van der Waals surface area contributed by atoms with E-state index in [1.54, 1.807) is 4.90 Å². The lowest BCUT2D eigenvalue weighted by molar-refractivity contribution is 0.0286. The third-order valence-corrected chi connectivity index (χ3v) is 3.74. The van der Waals surface area contributed by atoms with E-state index in [4.69, 9.17) is 4.74 Å². The maximum Gasteiger partial charge on any atom is 0.410 e. The Morgan fingerprint density at radius 3 is 2.70 bits per heavy atom. The fourth-order valence-electron chi connectivity index (χ4n) is 2.57. The van der Waals surface area contributed by atoms with Gasteiger partial charge in [-0.15, -0.1) is 0 Å². The third kappa shape index (κ3) is 6.60. The molecule has 20 heavy (non-hydrogen) atoms. The number of amides is 1. The normalized spacial score (nSPS) is 21.1. The van der Waals surface area contributed by atoms with E-state index in [9.17, 15) is 9.90 Å². The minimum absolute atomic E-state index is 0.175. The smallest absolute Gasteiger partial charge is 0.410 e. The monoisotopic (exact) mass is 285 g/mol. The minimum Gasteiger partial charge on any atom is -0.444 e. The Hall–Kier alpha value is -0.770. The van der Waals surface area contributed by atoms with Gasteiger partial charge >= 0.3 is 6.09 Å². The van der Waals surface area contributed by atoms with Crippen molar-refractivity contribution in [1.29, 1.82) is 0 Å². The number of aliphatic hydroxyl groups excluding tert-OH is 1. The van der Waals surface area contributed by atoms with Crippen LogP contribution in [0.1, 0.15) is 66.2 Å². The quantitative estimate of drug-likeness (QED) is 0.811. The molecule has 1 aliphatic heterocycles. The highest BCUT2D eigenvalue weighted by molar-refractivity contribution is 5.68. The van der Waals surface area contributed by atoms with Gasteiger partial charge in [-0.3, -0.25) is 0 Å². The van der Waals surface area contributed by atoms with Crippen molar-refractivity contribution in [2.75, 3.05) is 13.1 Å². The molecule has 1 fully saturated rings. The van der Waals surface area contributed by atoms with E-state index in [0.717, 1.165) is 51.6 Å². The molecule has 0 radical (unpaired) electrons. The molecule has 118 valence electrons. The number of ether oxygens (including phenoxy) is 1. The number of hydrogen-bond acceptors (Lipinski definition) is 3. The summed E-state index contributed by atoms with van der Waals surface area (Å²) in [5.41, 5.74) is -0.425. The van der Waals surface area contributed by atoms with Crippen LogP contribution < -0.4 is 0 Å². The highest BCUT2D eigenvalue weighted by Gasteiger charge is 2.29. The molecule has 4 heteroatoms. The zero-order valence-electron chi connectivity index (χ0n) is 13.5. The van der Waals surface area contributed by atoms with Crippen molar-refractivity contribution in [3.63, 3.8) is 0 Å². The highest BCUT2D eigenvalue weighted by atomic mass is 16.6. The van der Waals surface area contributed by atoms with E-state index in [1.165, 1.54) is 0 Å². The first-order chi connectivity index (χ1) is 9.31. The number of nitrogens with zero attached hydrogens (tertiary/aromatic N) is 1. The summed E-state index contributed by atoms with van der Waals surface area (Å²) in [5.74, 6) is 0.513. The maximum atomic E-state index is 11.9. The second-order valence-corrected chi connectivity index (χ2v) is 6.95. The van der Waals surface area contributed by atoms with E-state index in [1.807, 2.05) is 20.8 Å². The first-order valence-corrected chi connectivity index (χ1v) is 7.97. The zero-order valence-corrected chi connectivity index (χ0v) is 13.5. The Kier molecular flexibility index (Phi) is 6.80. The highest BCUT2D eigenvalue weighted by Crippen LogP contribution is 2.24. The number of hydrogen-bond donors (Lipinski definition) is 1. The van der Waals surface area contributed by atoms with E-state index >= 15 is 0 Å². The predicted octanol–water partition coefficient (Wildman–Crippen LogP) is 3.57. The number of likely N-dealkylation sites (tertiary alicyclic amines) is 1. The van der Waals surface area contributed by atoms with Crippen molar-refractivity contribution >= 4 is 6.09 Å². The molecule has 0 unspecified atom stereocenters. The largest absolute Gasteiger partial charge is 0.444 e. The van der Waals surface area contributed by atoms with Gasteiger partial charge in [-0.1, -0.05) is 19.8 Å². The molecule has 1 N–H and O–H groups in total. The summed E-state index contributed by atoms with van der Waals surface area (Å²) in [4.78, 5) is 13.7. The molecule has 0 bridgehead atoms. The summed E-state index contributed by atoms with van der Waals surface area (Å²) in [6.45, 7) is 9.37. The van der Waals surface area contributed by atoms with Gasteiger partial charge < -0.3 is 14.7 Å². The van der Waals surface area contributed by atoms with Gasteiger partial charge in [0.25, 0.3) is 0 Å². The molecule has 1 aliphatic rings. The first-order valence-electron chi connectivity index (χ1n) is 7.97. The van der Waals surface area contributed by atoms with Gasteiger partial charge in [-0.25, -0.2) is 4.79 Å². The number of unbranched alkanes of at least 4 members (excludes halogenated alkanes) is 1. The fraction of sp³-hybridized carbons (Fsp3) is 0.938. The Balaban J connectivity index is 2.24. The summed E-state index contributed by atoms with van der Waals surface area (Å²) in [6.07, 6.45) is 5.63. The number of rotatable bonds is 6. The maximum absolute atomic E-state index is 11.9. The van der Waals surface area contributed by atoms with Crippen molar-refractivity contribution in [2.24, 2.45) is 5.92 Å². The summed E-state index contributed by atoms with van der Waals surface area (Å²) < 4.78 is 5.39. The van der Waals surface area contributed by atoms with Crippen LogP contribution in [0.5, 0.6) is 0 Å². The second kappa shape index (κ2) is 7.87. The molecule has 0 spiro atoms. The van der Waals surface area contributed by atoms with E-state index < -0.39 is 5.60 Å². The Morgan fingerprint density at radius 2 is 2.10 bits per heavy atom. The molecule has 0 aliphatic carbocycles. The summed E-state index contributed by atoms with van der Waals surface area (Å²) in [5, 5.41) is 9.86. The Morgan fingerprint density at radius 1 is 1.40 bits per heavy atom. The molecule has 0 aromatic rings. The standard InChI is InChI=1S/C16H31NO3/c1-5-6-7-14(18)9-8-13-10-11-17(12-13)15(19)20-16(2,3)4/h13-14,18H,5-12H2,1-4H3/t13-,14+/m1/s1. The molecule has 0 aromatic heterocycles. The van der Waals surface area contributed by atoms with E-state index in [0.29, 0.717) is 5.92 Å². The van der Waals surface area contributed by atoms with Gasteiger partial charge in [0.15, 0.2) is 0 Å². The van der Waals surface area contributed by atoms with Gasteiger partial charge in [0.1, 0.15) is 5.60 Å². The fourth-order valence-corrected chi connectivity index (χ4v) is 2.57. The van der Waals surface area contributed by atoms with Crippen LogP contribution in [0.25, 0.3) is 0 Å². The second-order valence-electron chi connectivity index (χ2n) is 6.95. The average molecular weight is 285 g/mol. The van der Waals surface area contributed by atoms with Gasteiger partial charge in [-0.05, 0) is 52.4 Å². The van der Waals surface area contributed by atoms with Crippen LogP contribution in [0.15, 0.2) is 0 Å². The van der Waals surface area contributed by atoms with Crippen LogP contribution in [0.4, 0.5) is 4.79 Å². The van der Waals surface area contributed by atoms with E-state index in [-0.39, 0.29) is 12.2 Å². The van der Waals surface area contributed by atoms with Crippen molar-refractivity contribution in [1.82, 2.24) is 4.90 Å². The van der Waals surface area contributed by atoms with Crippen molar-refractivity contribution in [3.8, 4) is 0 Å². The first kappa shape index (κ1) is 17.3. The predicted molar refractivity (Wildman–Crippen MR) is 80.7 cm³/mol. The van der Waals surface area contributed by atoms with Crippen LogP contribution in [-0.4, -0.2) is 40.9 Å².